The SMILES string of the molecule is C=CCNC(=NCCCN1CCCC1=O)NCC.I. The van der Waals surface area contributed by atoms with Crippen molar-refractivity contribution in [2.24, 2.45) is 4.99 Å². The van der Waals surface area contributed by atoms with Crippen molar-refractivity contribution >= 4 is 35.8 Å². The molecule has 0 aromatic rings. The smallest absolute Gasteiger partial charge is 0.222 e. The number of hydrogen-bond donors (Lipinski definition) is 2. The first-order valence-corrected chi connectivity index (χ1v) is 6.68. The van der Waals surface area contributed by atoms with E-state index in [1.54, 1.807) is 6.08 Å². The first kappa shape index (κ1) is 18.2. The molecule has 19 heavy (non-hydrogen) atoms. The summed E-state index contributed by atoms with van der Waals surface area (Å²) in [6.07, 6.45) is 4.44. The van der Waals surface area contributed by atoms with Crippen molar-refractivity contribution in [3.63, 3.8) is 0 Å². The van der Waals surface area contributed by atoms with E-state index in [9.17, 15) is 4.79 Å². The van der Waals surface area contributed by atoms with Crippen molar-refractivity contribution in [2.45, 2.75) is 26.2 Å². The Hall–Kier alpha value is -0.790. The summed E-state index contributed by atoms with van der Waals surface area (Å²) in [6, 6.07) is 0. The van der Waals surface area contributed by atoms with Gasteiger partial charge in [-0.3, -0.25) is 9.79 Å². The van der Waals surface area contributed by atoms with Crippen molar-refractivity contribution in [1.29, 1.82) is 0 Å². The summed E-state index contributed by atoms with van der Waals surface area (Å²) in [5.41, 5.74) is 0. The second kappa shape index (κ2) is 11.1. The average molecular weight is 380 g/mol. The van der Waals surface area contributed by atoms with Gasteiger partial charge < -0.3 is 15.5 Å². The van der Waals surface area contributed by atoms with Gasteiger partial charge in [0.25, 0.3) is 0 Å². The van der Waals surface area contributed by atoms with Crippen LogP contribution in [0, 0.1) is 0 Å². The standard InChI is InChI=1S/C13H24N4O.HI/c1-3-8-15-13(14-4-2)16-9-6-11-17-10-5-7-12(17)18;/h3H,1,4-11H2,2H3,(H2,14,15,16);1H. The second-order valence-electron chi connectivity index (χ2n) is 4.27. The molecule has 0 saturated carbocycles. The molecular formula is C13H25IN4O. The second-order valence-corrected chi connectivity index (χ2v) is 4.27. The van der Waals surface area contributed by atoms with Crippen molar-refractivity contribution in [3.8, 4) is 0 Å². The zero-order valence-electron chi connectivity index (χ0n) is 11.7. The van der Waals surface area contributed by atoms with Gasteiger partial charge in [-0.1, -0.05) is 6.08 Å². The van der Waals surface area contributed by atoms with Crippen LogP contribution in [0.25, 0.3) is 0 Å². The summed E-state index contributed by atoms with van der Waals surface area (Å²) in [6.45, 7) is 9.71. The number of amides is 1. The monoisotopic (exact) mass is 380 g/mol. The van der Waals surface area contributed by atoms with Gasteiger partial charge in [0, 0.05) is 39.1 Å². The first-order chi connectivity index (χ1) is 8.77. The van der Waals surface area contributed by atoms with E-state index in [-0.39, 0.29) is 29.9 Å². The topological polar surface area (TPSA) is 56.7 Å². The van der Waals surface area contributed by atoms with Crippen LogP contribution in [-0.4, -0.2) is 49.5 Å². The normalized spacial score (nSPS) is 15.1. The van der Waals surface area contributed by atoms with Crippen molar-refractivity contribution in [2.75, 3.05) is 32.7 Å². The third-order valence-electron chi connectivity index (χ3n) is 2.79. The Bertz CT molecular complexity index is 307. The number of aliphatic imine (C=N–C) groups is 1. The number of halogens is 1. The van der Waals surface area contributed by atoms with Gasteiger partial charge >= 0.3 is 0 Å². The summed E-state index contributed by atoms with van der Waals surface area (Å²) >= 11 is 0. The van der Waals surface area contributed by atoms with Crippen LogP contribution in [0.15, 0.2) is 17.6 Å². The zero-order chi connectivity index (χ0) is 13.2. The Morgan fingerprint density at radius 3 is 2.89 bits per heavy atom. The van der Waals surface area contributed by atoms with E-state index in [1.165, 1.54) is 0 Å². The van der Waals surface area contributed by atoms with E-state index in [2.05, 4.69) is 22.2 Å². The van der Waals surface area contributed by atoms with Crippen LogP contribution in [0.4, 0.5) is 0 Å². The predicted octanol–water partition coefficient (Wildman–Crippen LogP) is 1.36. The van der Waals surface area contributed by atoms with Crippen LogP contribution in [0.5, 0.6) is 0 Å². The van der Waals surface area contributed by atoms with Crippen LogP contribution < -0.4 is 10.6 Å². The molecule has 0 atom stereocenters. The van der Waals surface area contributed by atoms with Gasteiger partial charge in [-0.25, -0.2) is 0 Å². The van der Waals surface area contributed by atoms with E-state index < -0.39 is 0 Å². The zero-order valence-corrected chi connectivity index (χ0v) is 14.0. The quantitative estimate of drug-likeness (QED) is 0.231. The molecule has 1 saturated heterocycles. The molecule has 1 rings (SSSR count). The van der Waals surface area contributed by atoms with Gasteiger partial charge in [0.05, 0.1) is 0 Å². The minimum absolute atomic E-state index is 0. The fourth-order valence-electron chi connectivity index (χ4n) is 1.90. The predicted molar refractivity (Wildman–Crippen MR) is 90.0 cm³/mol. The highest BCUT2D eigenvalue weighted by Crippen LogP contribution is 2.09. The number of rotatable bonds is 7. The van der Waals surface area contributed by atoms with Gasteiger partial charge in [0.2, 0.25) is 5.91 Å². The van der Waals surface area contributed by atoms with E-state index in [4.69, 9.17) is 0 Å². The first-order valence-electron chi connectivity index (χ1n) is 6.68. The van der Waals surface area contributed by atoms with Gasteiger partial charge in [-0.05, 0) is 19.8 Å². The molecule has 0 radical (unpaired) electrons. The van der Waals surface area contributed by atoms with Crippen LogP contribution >= 0.6 is 24.0 Å². The molecule has 1 aliphatic heterocycles. The third kappa shape index (κ3) is 7.39. The molecular weight excluding hydrogens is 355 g/mol. The molecule has 2 N–H and O–H groups in total. The van der Waals surface area contributed by atoms with Crippen LogP contribution in [-0.2, 0) is 4.79 Å². The number of likely N-dealkylation sites (tertiary alicyclic amines) is 1. The molecule has 0 aliphatic carbocycles. The molecule has 0 aromatic carbocycles. The molecule has 1 heterocycles. The van der Waals surface area contributed by atoms with Crippen LogP contribution in [0.2, 0.25) is 0 Å². The maximum atomic E-state index is 11.4. The third-order valence-corrected chi connectivity index (χ3v) is 2.79. The van der Waals surface area contributed by atoms with Crippen molar-refractivity contribution < 1.29 is 4.79 Å². The summed E-state index contributed by atoms with van der Waals surface area (Å²) in [5, 5.41) is 6.31. The summed E-state index contributed by atoms with van der Waals surface area (Å²) < 4.78 is 0. The highest BCUT2D eigenvalue weighted by molar-refractivity contribution is 14.0. The maximum Gasteiger partial charge on any atom is 0.222 e. The lowest BCUT2D eigenvalue weighted by atomic mass is 10.4. The number of nitrogens with one attached hydrogen (secondary N) is 2. The summed E-state index contributed by atoms with van der Waals surface area (Å²) in [5.74, 6) is 1.10. The van der Waals surface area contributed by atoms with E-state index in [0.29, 0.717) is 13.0 Å². The van der Waals surface area contributed by atoms with Crippen molar-refractivity contribution in [1.82, 2.24) is 15.5 Å². The molecule has 6 heteroatoms. The molecule has 0 spiro atoms. The molecule has 0 bridgehead atoms. The Balaban J connectivity index is 0.00000324. The molecule has 1 aliphatic rings. The molecule has 1 amide bonds. The number of carbonyl (C=O) groups is 1. The fourth-order valence-corrected chi connectivity index (χ4v) is 1.90. The van der Waals surface area contributed by atoms with Crippen molar-refractivity contribution in [3.05, 3.63) is 12.7 Å². The van der Waals surface area contributed by atoms with Crippen LogP contribution in [0.3, 0.4) is 0 Å². The van der Waals surface area contributed by atoms with Gasteiger partial charge in [0.1, 0.15) is 0 Å². The lowest BCUT2D eigenvalue weighted by Crippen LogP contribution is -2.37. The largest absolute Gasteiger partial charge is 0.357 e. The number of hydrogen-bond acceptors (Lipinski definition) is 2. The highest BCUT2D eigenvalue weighted by Gasteiger charge is 2.18. The minimum atomic E-state index is 0. The maximum absolute atomic E-state index is 11.4. The fraction of sp³-hybridized carbons (Fsp3) is 0.692. The Labute approximate surface area is 132 Å². The molecule has 1 fully saturated rings. The minimum Gasteiger partial charge on any atom is -0.357 e. The molecule has 0 aromatic heterocycles. The van der Waals surface area contributed by atoms with E-state index in [0.717, 1.165) is 45.0 Å². The molecule has 5 nitrogen and oxygen atoms in total. The molecule has 0 unspecified atom stereocenters. The lowest BCUT2D eigenvalue weighted by molar-refractivity contribution is -0.127. The van der Waals surface area contributed by atoms with E-state index in [1.807, 2.05) is 11.8 Å². The Morgan fingerprint density at radius 2 is 2.32 bits per heavy atom. The number of carbonyl (C=O) groups excluding carboxylic acids is 1. The Morgan fingerprint density at radius 1 is 1.53 bits per heavy atom. The lowest BCUT2D eigenvalue weighted by Gasteiger charge is -2.14. The molecule has 110 valence electrons. The summed E-state index contributed by atoms with van der Waals surface area (Å²) in [7, 11) is 0. The Kier molecular flexibility index (Phi) is 10.6. The number of nitrogens with zero attached hydrogens (tertiary/aromatic N) is 2. The van der Waals surface area contributed by atoms with Gasteiger partial charge in [-0.2, -0.15) is 0 Å². The summed E-state index contributed by atoms with van der Waals surface area (Å²) in [4.78, 5) is 17.8. The van der Waals surface area contributed by atoms with E-state index >= 15 is 0 Å². The average Bonchev–Trinajstić information content (AvgIpc) is 2.77. The van der Waals surface area contributed by atoms with Crippen LogP contribution in [0.1, 0.15) is 26.2 Å². The van der Waals surface area contributed by atoms with Gasteiger partial charge in [0.15, 0.2) is 5.96 Å². The van der Waals surface area contributed by atoms with Gasteiger partial charge in [-0.15, -0.1) is 30.6 Å². The number of guanidine groups is 1. The highest BCUT2D eigenvalue weighted by atomic mass is 127.